The summed E-state index contributed by atoms with van der Waals surface area (Å²) in [7, 11) is 6.06. The summed E-state index contributed by atoms with van der Waals surface area (Å²) in [6.45, 7) is 16.0. The molecule has 158 valence electrons. The fourth-order valence-corrected chi connectivity index (χ4v) is 13.2. The molecule has 0 rings (SSSR count). The van der Waals surface area contributed by atoms with Gasteiger partial charge >= 0.3 is 0 Å². The molecule has 0 bridgehead atoms. The Labute approximate surface area is 181 Å². The monoisotopic (exact) mass is 478 g/mol. The van der Waals surface area contributed by atoms with Crippen molar-refractivity contribution < 1.29 is 18.3 Å². The van der Waals surface area contributed by atoms with E-state index in [1.807, 2.05) is 41.2 Å². The Morgan fingerprint density at radius 1 is 0.692 bits per heavy atom. The Balaban J connectivity index is 4.05. The van der Waals surface area contributed by atoms with Crippen LogP contribution in [-0.2, 0) is 18.3 Å². The van der Waals surface area contributed by atoms with Crippen LogP contribution in [0.2, 0.25) is 0 Å². The molecular weight excluding hydrogens is 441 g/mol. The second-order valence-electron chi connectivity index (χ2n) is 6.53. The summed E-state index contributed by atoms with van der Waals surface area (Å²) < 4.78 is 23.7. The molecular formula is C16H38O4S4Si2. The van der Waals surface area contributed by atoms with Crippen molar-refractivity contribution in [3.63, 3.8) is 0 Å². The van der Waals surface area contributed by atoms with Gasteiger partial charge in [-0.25, -0.2) is 0 Å². The van der Waals surface area contributed by atoms with Crippen molar-refractivity contribution in [2.45, 2.75) is 64.8 Å². The van der Waals surface area contributed by atoms with Gasteiger partial charge in [-0.3, -0.25) is 0 Å². The third-order valence-electron chi connectivity index (χ3n) is 3.35. The van der Waals surface area contributed by atoms with Crippen LogP contribution >= 0.6 is 41.2 Å². The highest BCUT2D eigenvalue weighted by Crippen LogP contribution is 2.45. The van der Waals surface area contributed by atoms with E-state index in [9.17, 15) is 0 Å². The van der Waals surface area contributed by atoms with E-state index in [-0.39, 0.29) is 10.4 Å². The Bertz CT molecular complexity index is 305. The van der Waals surface area contributed by atoms with Crippen LogP contribution in [0.4, 0.5) is 0 Å². The first-order chi connectivity index (χ1) is 12.4. The molecule has 26 heavy (non-hydrogen) atoms. The van der Waals surface area contributed by atoms with Crippen molar-refractivity contribution in [3.05, 3.63) is 0 Å². The summed E-state index contributed by atoms with van der Waals surface area (Å²) in [6, 6.07) is 0. The molecule has 0 aliphatic rings. The summed E-state index contributed by atoms with van der Waals surface area (Å²) >= 11 is 0. The first-order valence-electron chi connectivity index (χ1n) is 9.46. The summed E-state index contributed by atoms with van der Waals surface area (Å²) in [4.78, 5) is 0. The zero-order valence-corrected chi connectivity index (χ0v) is 23.4. The number of hydrogen-bond donors (Lipinski definition) is 0. The Kier molecular flexibility index (Phi) is 18.7. The van der Waals surface area contributed by atoms with Crippen LogP contribution in [0.3, 0.4) is 0 Å². The van der Waals surface area contributed by atoms with E-state index in [0.29, 0.717) is 0 Å². The fraction of sp³-hybridized carbons (Fsp3) is 1.00. The molecule has 0 aromatic carbocycles. The standard InChI is InChI=1S/C16H38O4S4Si2/c1-7-11-19-25-15(5,17-9-3)13-21-23-24-22-14-16(6,18-10-4)26-20-12-8-2/h7-14,25-26H2,1-6H3. The van der Waals surface area contributed by atoms with Crippen LogP contribution < -0.4 is 0 Å². The van der Waals surface area contributed by atoms with Crippen molar-refractivity contribution in [1.82, 2.24) is 0 Å². The lowest BCUT2D eigenvalue weighted by molar-refractivity contribution is 0.0436. The van der Waals surface area contributed by atoms with Gasteiger partial charge in [-0.05, 0) is 60.2 Å². The molecule has 0 fully saturated rings. The summed E-state index contributed by atoms with van der Waals surface area (Å²) in [5.41, 5.74) is 0. The topological polar surface area (TPSA) is 36.9 Å². The second-order valence-corrected chi connectivity index (χ2v) is 16.9. The minimum absolute atomic E-state index is 0.0758. The Morgan fingerprint density at radius 2 is 1.08 bits per heavy atom. The molecule has 0 spiro atoms. The van der Waals surface area contributed by atoms with Gasteiger partial charge in [0.25, 0.3) is 0 Å². The maximum absolute atomic E-state index is 5.98. The number of ether oxygens (including phenoxy) is 2. The predicted molar refractivity (Wildman–Crippen MR) is 130 cm³/mol. The normalized spacial score (nSPS) is 17.3. The molecule has 0 N–H and O–H groups in total. The average Bonchev–Trinajstić information content (AvgIpc) is 2.59. The smallest absolute Gasteiger partial charge is 0.194 e. The van der Waals surface area contributed by atoms with Crippen molar-refractivity contribution in [3.8, 4) is 0 Å². The van der Waals surface area contributed by atoms with Crippen molar-refractivity contribution in [2.24, 2.45) is 0 Å². The molecule has 0 radical (unpaired) electrons. The van der Waals surface area contributed by atoms with E-state index in [1.54, 1.807) is 0 Å². The molecule has 0 saturated heterocycles. The average molecular weight is 479 g/mol. The van der Waals surface area contributed by atoms with Gasteiger partial charge in [-0.2, -0.15) is 0 Å². The maximum Gasteiger partial charge on any atom is 0.194 e. The molecule has 10 heteroatoms. The molecule has 0 aliphatic carbocycles. The van der Waals surface area contributed by atoms with Gasteiger partial charge < -0.3 is 18.3 Å². The molecule has 0 aromatic rings. The third kappa shape index (κ3) is 14.6. The molecule has 0 heterocycles. The van der Waals surface area contributed by atoms with Gasteiger partial charge in [-0.15, -0.1) is 0 Å². The molecule has 2 atom stereocenters. The molecule has 0 aromatic heterocycles. The van der Waals surface area contributed by atoms with Gasteiger partial charge in [0.2, 0.25) is 0 Å². The Morgan fingerprint density at radius 3 is 1.38 bits per heavy atom. The quantitative estimate of drug-likeness (QED) is 0.155. The van der Waals surface area contributed by atoms with Crippen molar-refractivity contribution in [2.75, 3.05) is 37.9 Å². The summed E-state index contributed by atoms with van der Waals surface area (Å²) in [5.74, 6) is 1.96. The van der Waals surface area contributed by atoms with Crippen LogP contribution in [-0.4, -0.2) is 67.9 Å². The predicted octanol–water partition coefficient (Wildman–Crippen LogP) is 4.19. The van der Waals surface area contributed by atoms with Crippen molar-refractivity contribution >= 4 is 60.8 Å². The second kappa shape index (κ2) is 17.5. The van der Waals surface area contributed by atoms with Gasteiger partial charge in [0.1, 0.15) is 0 Å². The number of rotatable bonds is 19. The lowest BCUT2D eigenvalue weighted by atomic mass is 10.4. The minimum atomic E-state index is -0.677. The largest absolute Gasteiger partial charge is 0.421 e. The summed E-state index contributed by atoms with van der Waals surface area (Å²) in [6.07, 6.45) is 2.15. The van der Waals surface area contributed by atoms with Crippen LogP contribution in [0.25, 0.3) is 0 Å². The maximum atomic E-state index is 5.98. The van der Waals surface area contributed by atoms with E-state index in [1.165, 1.54) is 0 Å². The van der Waals surface area contributed by atoms with Gasteiger partial charge in [0, 0.05) is 37.9 Å². The SMILES string of the molecule is CCCO[SiH2]C(C)(CSSSSCC(C)(OCC)[SiH2]OCCC)OCC. The van der Waals surface area contributed by atoms with Crippen LogP contribution in [0.1, 0.15) is 54.4 Å². The van der Waals surface area contributed by atoms with E-state index in [4.69, 9.17) is 18.3 Å². The van der Waals surface area contributed by atoms with Gasteiger partial charge in [0.05, 0.1) is 10.4 Å². The molecule has 0 saturated carbocycles. The van der Waals surface area contributed by atoms with Crippen LogP contribution in [0.5, 0.6) is 0 Å². The highest BCUT2D eigenvalue weighted by molar-refractivity contribution is 9.26. The van der Waals surface area contributed by atoms with Crippen LogP contribution in [0.15, 0.2) is 0 Å². The zero-order valence-electron chi connectivity index (χ0n) is 17.3. The third-order valence-corrected chi connectivity index (χ3v) is 14.1. The first-order valence-corrected chi connectivity index (χ1v) is 17.2. The van der Waals surface area contributed by atoms with E-state index >= 15 is 0 Å². The van der Waals surface area contributed by atoms with Gasteiger partial charge in [-0.1, -0.05) is 35.4 Å². The van der Waals surface area contributed by atoms with Crippen LogP contribution in [0, 0.1) is 0 Å². The minimum Gasteiger partial charge on any atom is -0.421 e. The zero-order chi connectivity index (χ0) is 19.7. The fourth-order valence-electron chi connectivity index (χ4n) is 2.15. The molecule has 0 amide bonds. The molecule has 2 unspecified atom stereocenters. The summed E-state index contributed by atoms with van der Waals surface area (Å²) in [5, 5.41) is -0.152. The van der Waals surface area contributed by atoms with E-state index in [2.05, 4.69) is 41.5 Å². The molecule has 0 aliphatic heterocycles. The highest BCUT2D eigenvalue weighted by Gasteiger charge is 2.28. The van der Waals surface area contributed by atoms with Crippen molar-refractivity contribution in [1.29, 1.82) is 0 Å². The van der Waals surface area contributed by atoms with E-state index < -0.39 is 19.5 Å². The Hall–Kier alpha value is 1.67. The van der Waals surface area contributed by atoms with Gasteiger partial charge in [0.15, 0.2) is 19.5 Å². The van der Waals surface area contributed by atoms with E-state index in [0.717, 1.165) is 50.8 Å². The lowest BCUT2D eigenvalue weighted by Crippen LogP contribution is -2.40. The lowest BCUT2D eigenvalue weighted by Gasteiger charge is -2.28. The number of hydrogen-bond acceptors (Lipinski definition) is 8. The molecule has 4 nitrogen and oxygen atoms in total. The first kappa shape index (κ1) is 27.7. The highest BCUT2D eigenvalue weighted by atomic mass is 33.7.